The van der Waals surface area contributed by atoms with E-state index in [-0.39, 0.29) is 5.91 Å². The average Bonchev–Trinajstić information content (AvgIpc) is 2.64. The lowest BCUT2D eigenvalue weighted by molar-refractivity contribution is -0.120. The molecule has 0 atom stereocenters. The Morgan fingerprint density at radius 3 is 2.46 bits per heavy atom. The van der Waals surface area contributed by atoms with Gasteiger partial charge in [0.2, 0.25) is 5.91 Å². The molecule has 2 aromatic carbocycles. The Morgan fingerprint density at radius 2 is 1.75 bits per heavy atom. The molecule has 0 aliphatic carbocycles. The van der Waals surface area contributed by atoms with Gasteiger partial charge >= 0.3 is 0 Å². The van der Waals surface area contributed by atoms with Gasteiger partial charge in [0.1, 0.15) is 11.5 Å². The fourth-order valence-electron chi connectivity index (χ4n) is 2.34. The summed E-state index contributed by atoms with van der Waals surface area (Å²) in [4.78, 5) is 11.9. The number of hydrogen-bond donors (Lipinski definition) is 2. The molecule has 2 N–H and O–H groups in total. The molecule has 0 unspecified atom stereocenters. The van der Waals surface area contributed by atoms with Gasteiger partial charge in [-0.1, -0.05) is 30.3 Å². The molecule has 24 heavy (non-hydrogen) atoms. The maximum absolute atomic E-state index is 11.9. The predicted octanol–water partition coefficient (Wildman–Crippen LogP) is 2.15. The molecule has 2 rings (SSSR count). The van der Waals surface area contributed by atoms with Crippen molar-refractivity contribution >= 4 is 5.91 Å². The standard InChI is InChI=1S/C19H24N2O3/c1-23-17-9-7-15(8-10-17)13-21-19(22)14-20-12-11-16-5-3-4-6-18(16)24-2/h3-10,20H,11-14H2,1-2H3,(H,21,22). The van der Waals surface area contributed by atoms with E-state index in [9.17, 15) is 4.79 Å². The number of carbonyl (C=O) groups excluding carboxylic acids is 1. The molecule has 0 aromatic heterocycles. The van der Waals surface area contributed by atoms with E-state index >= 15 is 0 Å². The summed E-state index contributed by atoms with van der Waals surface area (Å²) >= 11 is 0. The van der Waals surface area contributed by atoms with Gasteiger partial charge in [-0.2, -0.15) is 0 Å². The van der Waals surface area contributed by atoms with Crippen molar-refractivity contribution in [2.24, 2.45) is 0 Å². The molecule has 0 spiro atoms. The van der Waals surface area contributed by atoms with Crippen molar-refractivity contribution in [1.29, 1.82) is 0 Å². The number of nitrogens with one attached hydrogen (secondary N) is 2. The van der Waals surface area contributed by atoms with Gasteiger partial charge in [-0.25, -0.2) is 0 Å². The molecule has 0 saturated heterocycles. The molecular weight excluding hydrogens is 304 g/mol. The molecular formula is C19H24N2O3. The molecule has 1 amide bonds. The average molecular weight is 328 g/mol. The first-order chi connectivity index (χ1) is 11.7. The van der Waals surface area contributed by atoms with E-state index in [1.54, 1.807) is 14.2 Å². The lowest BCUT2D eigenvalue weighted by atomic mass is 10.1. The van der Waals surface area contributed by atoms with Crippen LogP contribution in [0.1, 0.15) is 11.1 Å². The Balaban J connectivity index is 1.66. The fraction of sp³-hybridized carbons (Fsp3) is 0.316. The van der Waals surface area contributed by atoms with Crippen LogP contribution >= 0.6 is 0 Å². The monoisotopic (exact) mass is 328 g/mol. The first-order valence-electron chi connectivity index (χ1n) is 7.95. The van der Waals surface area contributed by atoms with Crippen molar-refractivity contribution in [3.8, 4) is 11.5 Å². The van der Waals surface area contributed by atoms with E-state index < -0.39 is 0 Å². The van der Waals surface area contributed by atoms with Crippen molar-refractivity contribution < 1.29 is 14.3 Å². The topological polar surface area (TPSA) is 59.6 Å². The van der Waals surface area contributed by atoms with Crippen LogP contribution in [0.2, 0.25) is 0 Å². The number of benzene rings is 2. The summed E-state index contributed by atoms with van der Waals surface area (Å²) in [5.74, 6) is 1.66. The SMILES string of the molecule is COc1ccc(CNC(=O)CNCCc2ccccc2OC)cc1. The molecule has 0 aliphatic rings. The highest BCUT2D eigenvalue weighted by molar-refractivity contribution is 5.77. The van der Waals surface area contributed by atoms with Crippen molar-refractivity contribution in [2.75, 3.05) is 27.3 Å². The van der Waals surface area contributed by atoms with Gasteiger partial charge < -0.3 is 20.1 Å². The Labute approximate surface area is 143 Å². The molecule has 128 valence electrons. The van der Waals surface area contributed by atoms with Crippen LogP contribution in [-0.4, -0.2) is 33.2 Å². The van der Waals surface area contributed by atoms with E-state index in [4.69, 9.17) is 9.47 Å². The van der Waals surface area contributed by atoms with Crippen molar-refractivity contribution in [3.05, 3.63) is 59.7 Å². The highest BCUT2D eigenvalue weighted by atomic mass is 16.5. The van der Waals surface area contributed by atoms with Gasteiger partial charge in [0.05, 0.1) is 20.8 Å². The Kier molecular flexibility index (Phi) is 7.11. The van der Waals surface area contributed by atoms with E-state index in [1.165, 1.54) is 0 Å². The second kappa shape index (κ2) is 9.57. The number of ether oxygens (including phenoxy) is 2. The van der Waals surface area contributed by atoms with E-state index in [2.05, 4.69) is 10.6 Å². The van der Waals surface area contributed by atoms with Crippen molar-refractivity contribution in [2.45, 2.75) is 13.0 Å². The van der Waals surface area contributed by atoms with Crippen LogP contribution < -0.4 is 20.1 Å². The maximum Gasteiger partial charge on any atom is 0.234 e. The first kappa shape index (κ1) is 17.8. The molecule has 5 nitrogen and oxygen atoms in total. The second-order valence-electron chi connectivity index (χ2n) is 5.36. The zero-order valence-electron chi connectivity index (χ0n) is 14.2. The van der Waals surface area contributed by atoms with Crippen LogP contribution in [0.5, 0.6) is 11.5 Å². The second-order valence-corrected chi connectivity index (χ2v) is 5.36. The van der Waals surface area contributed by atoms with Crippen LogP contribution in [0.4, 0.5) is 0 Å². The molecule has 0 fully saturated rings. The van der Waals surface area contributed by atoms with Crippen LogP contribution in [-0.2, 0) is 17.8 Å². The summed E-state index contributed by atoms with van der Waals surface area (Å²) in [6.45, 7) is 1.53. The zero-order valence-corrected chi connectivity index (χ0v) is 14.2. The van der Waals surface area contributed by atoms with Gasteiger partial charge in [-0.05, 0) is 42.3 Å². The number of carbonyl (C=O) groups is 1. The summed E-state index contributed by atoms with van der Waals surface area (Å²) in [5, 5.41) is 6.04. The minimum absolute atomic E-state index is 0.0224. The number of methoxy groups -OCH3 is 2. The Morgan fingerprint density at radius 1 is 1.00 bits per heavy atom. The third-order valence-electron chi connectivity index (χ3n) is 3.70. The van der Waals surface area contributed by atoms with Crippen molar-refractivity contribution in [3.63, 3.8) is 0 Å². The van der Waals surface area contributed by atoms with E-state index in [1.807, 2.05) is 48.5 Å². The summed E-state index contributed by atoms with van der Waals surface area (Å²) in [6.07, 6.45) is 0.815. The normalized spacial score (nSPS) is 10.2. The number of hydrogen-bond acceptors (Lipinski definition) is 4. The predicted molar refractivity (Wildman–Crippen MR) is 94.4 cm³/mol. The highest BCUT2D eigenvalue weighted by Gasteiger charge is 2.03. The summed E-state index contributed by atoms with van der Waals surface area (Å²) in [7, 11) is 3.30. The number of amides is 1. The highest BCUT2D eigenvalue weighted by Crippen LogP contribution is 2.17. The Bertz CT molecular complexity index is 641. The third-order valence-corrected chi connectivity index (χ3v) is 3.70. The molecule has 0 saturated carbocycles. The van der Waals surface area contributed by atoms with E-state index in [0.717, 1.165) is 35.6 Å². The molecule has 0 aliphatic heterocycles. The van der Waals surface area contributed by atoms with Gasteiger partial charge in [0.15, 0.2) is 0 Å². The van der Waals surface area contributed by atoms with Gasteiger partial charge in [0.25, 0.3) is 0 Å². The third kappa shape index (κ3) is 5.59. The van der Waals surface area contributed by atoms with Crippen LogP contribution in [0.3, 0.4) is 0 Å². The molecule has 0 bridgehead atoms. The fourth-order valence-corrected chi connectivity index (χ4v) is 2.34. The number of para-hydroxylation sites is 1. The maximum atomic E-state index is 11.9. The largest absolute Gasteiger partial charge is 0.497 e. The summed E-state index contributed by atoms with van der Waals surface area (Å²) < 4.78 is 10.4. The van der Waals surface area contributed by atoms with Crippen LogP contribution in [0.15, 0.2) is 48.5 Å². The molecule has 2 aromatic rings. The molecule has 0 radical (unpaired) electrons. The molecule has 0 heterocycles. The summed E-state index contributed by atoms with van der Waals surface area (Å²) in [5.41, 5.74) is 2.17. The van der Waals surface area contributed by atoms with E-state index in [0.29, 0.717) is 13.1 Å². The summed E-state index contributed by atoms with van der Waals surface area (Å²) in [6, 6.07) is 15.5. The first-order valence-corrected chi connectivity index (χ1v) is 7.95. The van der Waals surface area contributed by atoms with Gasteiger partial charge in [0, 0.05) is 6.54 Å². The minimum atomic E-state index is -0.0224. The van der Waals surface area contributed by atoms with Crippen LogP contribution in [0.25, 0.3) is 0 Å². The minimum Gasteiger partial charge on any atom is -0.497 e. The zero-order chi connectivity index (χ0) is 17.2. The lowest BCUT2D eigenvalue weighted by Crippen LogP contribution is -2.34. The van der Waals surface area contributed by atoms with Crippen LogP contribution in [0, 0.1) is 0 Å². The number of rotatable bonds is 9. The smallest absolute Gasteiger partial charge is 0.234 e. The van der Waals surface area contributed by atoms with Gasteiger partial charge in [-0.15, -0.1) is 0 Å². The molecule has 5 heteroatoms. The Hall–Kier alpha value is -2.53. The van der Waals surface area contributed by atoms with Gasteiger partial charge in [-0.3, -0.25) is 4.79 Å². The quantitative estimate of drug-likeness (QED) is 0.693. The lowest BCUT2D eigenvalue weighted by Gasteiger charge is -2.09. The van der Waals surface area contributed by atoms with Crippen molar-refractivity contribution in [1.82, 2.24) is 10.6 Å².